The van der Waals surface area contributed by atoms with Gasteiger partial charge in [0.15, 0.2) is 17.5 Å². The van der Waals surface area contributed by atoms with Gasteiger partial charge in [-0.05, 0) is 42.5 Å². The number of methoxy groups -OCH3 is 1. The Labute approximate surface area is 172 Å². The van der Waals surface area contributed by atoms with Gasteiger partial charge in [0.25, 0.3) is 0 Å². The minimum atomic E-state index is 0.0182. The van der Waals surface area contributed by atoms with Gasteiger partial charge in [0.2, 0.25) is 0 Å². The van der Waals surface area contributed by atoms with E-state index in [0.29, 0.717) is 28.0 Å². The van der Waals surface area contributed by atoms with Gasteiger partial charge in [0.05, 0.1) is 35.4 Å². The molecule has 7 heteroatoms. The fourth-order valence-corrected chi connectivity index (χ4v) is 3.01. The quantitative estimate of drug-likeness (QED) is 0.532. The lowest BCUT2D eigenvalue weighted by atomic mass is 10.1. The van der Waals surface area contributed by atoms with Crippen LogP contribution in [0.4, 0.5) is 0 Å². The molecule has 0 fully saturated rings. The summed E-state index contributed by atoms with van der Waals surface area (Å²) in [6.07, 6.45) is 0. The van der Waals surface area contributed by atoms with Crippen LogP contribution in [0.15, 0.2) is 66.7 Å². The van der Waals surface area contributed by atoms with Gasteiger partial charge in [-0.25, -0.2) is 15.0 Å². The molecule has 0 radical (unpaired) electrons. The molecule has 0 saturated heterocycles. The molecule has 3 aromatic carbocycles. The van der Waals surface area contributed by atoms with Crippen molar-refractivity contribution in [3.8, 4) is 57.5 Å². The van der Waals surface area contributed by atoms with Gasteiger partial charge in [-0.15, -0.1) is 0 Å². The zero-order valence-electron chi connectivity index (χ0n) is 15.9. The second-order valence-electron chi connectivity index (χ2n) is 6.37. The first-order chi connectivity index (χ1) is 14.6. The SMILES string of the molecule is COc1cc(C#N)ccc1-c1nc(-c2ccccc2O)nc(-c2ccccc2O)n1. The van der Waals surface area contributed by atoms with Gasteiger partial charge in [-0.3, -0.25) is 0 Å². The van der Waals surface area contributed by atoms with E-state index in [1.807, 2.05) is 0 Å². The molecule has 0 bridgehead atoms. The Morgan fingerprint density at radius 3 is 1.70 bits per heavy atom. The Balaban J connectivity index is 1.99. The molecule has 0 aliphatic carbocycles. The van der Waals surface area contributed by atoms with E-state index < -0.39 is 0 Å². The number of aromatic nitrogens is 3. The molecule has 4 aromatic rings. The Bertz CT molecular complexity index is 1220. The molecule has 1 aromatic heterocycles. The Morgan fingerprint density at radius 2 is 1.23 bits per heavy atom. The third kappa shape index (κ3) is 3.50. The van der Waals surface area contributed by atoms with Crippen molar-refractivity contribution in [3.05, 3.63) is 72.3 Å². The van der Waals surface area contributed by atoms with E-state index in [4.69, 9.17) is 10.00 Å². The average molecular weight is 396 g/mol. The lowest BCUT2D eigenvalue weighted by molar-refractivity contribution is 0.416. The minimum absolute atomic E-state index is 0.0182. The summed E-state index contributed by atoms with van der Waals surface area (Å²) in [4.78, 5) is 13.5. The van der Waals surface area contributed by atoms with Crippen molar-refractivity contribution in [2.75, 3.05) is 7.11 Å². The normalized spacial score (nSPS) is 10.4. The van der Waals surface area contributed by atoms with Gasteiger partial charge >= 0.3 is 0 Å². The summed E-state index contributed by atoms with van der Waals surface area (Å²) >= 11 is 0. The maximum absolute atomic E-state index is 10.3. The van der Waals surface area contributed by atoms with E-state index in [9.17, 15) is 10.2 Å². The number of hydrogen-bond donors (Lipinski definition) is 2. The second kappa shape index (κ2) is 7.89. The molecule has 2 N–H and O–H groups in total. The first-order valence-electron chi connectivity index (χ1n) is 9.02. The van der Waals surface area contributed by atoms with Crippen molar-refractivity contribution < 1.29 is 14.9 Å². The molecule has 146 valence electrons. The number of ether oxygens (including phenoxy) is 1. The van der Waals surface area contributed by atoms with E-state index in [-0.39, 0.29) is 29.0 Å². The summed E-state index contributed by atoms with van der Waals surface area (Å²) in [6.45, 7) is 0. The third-order valence-electron chi connectivity index (χ3n) is 4.50. The summed E-state index contributed by atoms with van der Waals surface area (Å²) in [6, 6.07) is 20.4. The van der Waals surface area contributed by atoms with Crippen LogP contribution in [0, 0.1) is 11.3 Å². The van der Waals surface area contributed by atoms with E-state index in [1.165, 1.54) is 7.11 Å². The highest BCUT2D eigenvalue weighted by molar-refractivity contribution is 5.73. The summed E-state index contributed by atoms with van der Waals surface area (Å²) in [5.41, 5.74) is 1.83. The van der Waals surface area contributed by atoms with Crippen LogP contribution < -0.4 is 4.74 Å². The highest BCUT2D eigenvalue weighted by atomic mass is 16.5. The van der Waals surface area contributed by atoms with Crippen LogP contribution in [0.2, 0.25) is 0 Å². The van der Waals surface area contributed by atoms with Gasteiger partial charge in [0.1, 0.15) is 17.2 Å². The number of aromatic hydroxyl groups is 2. The molecule has 0 atom stereocenters. The van der Waals surface area contributed by atoms with E-state index in [1.54, 1.807) is 66.7 Å². The molecular formula is C23H16N4O3. The Morgan fingerprint density at radius 1 is 0.733 bits per heavy atom. The zero-order valence-corrected chi connectivity index (χ0v) is 15.9. The van der Waals surface area contributed by atoms with Gasteiger partial charge in [-0.2, -0.15) is 5.26 Å². The molecule has 4 rings (SSSR count). The third-order valence-corrected chi connectivity index (χ3v) is 4.50. The van der Waals surface area contributed by atoms with Crippen molar-refractivity contribution in [2.24, 2.45) is 0 Å². The predicted octanol–water partition coefficient (Wildman–Crippen LogP) is 4.16. The smallest absolute Gasteiger partial charge is 0.167 e. The predicted molar refractivity (Wildman–Crippen MR) is 111 cm³/mol. The van der Waals surface area contributed by atoms with Crippen molar-refractivity contribution in [2.45, 2.75) is 0 Å². The monoisotopic (exact) mass is 396 g/mol. The number of rotatable bonds is 4. The number of benzene rings is 3. The first kappa shape index (κ1) is 18.9. The molecule has 30 heavy (non-hydrogen) atoms. The van der Waals surface area contributed by atoms with Crippen molar-refractivity contribution >= 4 is 0 Å². The number of nitrogens with zero attached hydrogens (tertiary/aromatic N) is 4. The largest absolute Gasteiger partial charge is 0.507 e. The number of phenolic OH excluding ortho intramolecular Hbond substituents is 2. The van der Waals surface area contributed by atoms with Crippen LogP contribution in [0.3, 0.4) is 0 Å². The van der Waals surface area contributed by atoms with E-state index in [0.717, 1.165) is 0 Å². The van der Waals surface area contributed by atoms with Gasteiger partial charge in [0, 0.05) is 0 Å². The summed E-state index contributed by atoms with van der Waals surface area (Å²) < 4.78 is 5.43. The summed E-state index contributed by atoms with van der Waals surface area (Å²) in [7, 11) is 1.50. The minimum Gasteiger partial charge on any atom is -0.507 e. The van der Waals surface area contributed by atoms with Crippen LogP contribution in [-0.2, 0) is 0 Å². The Hall–Kier alpha value is -4.44. The zero-order chi connectivity index (χ0) is 21.1. The van der Waals surface area contributed by atoms with E-state index in [2.05, 4.69) is 21.0 Å². The van der Waals surface area contributed by atoms with Crippen LogP contribution >= 0.6 is 0 Å². The average Bonchev–Trinajstić information content (AvgIpc) is 2.79. The molecule has 0 spiro atoms. The standard InChI is InChI=1S/C23H16N4O3/c1-30-20-12-14(13-24)10-11-17(20)23-26-21(15-6-2-4-8-18(15)28)25-22(27-23)16-7-3-5-9-19(16)29/h2-12,28-29H,1H3. The van der Waals surface area contributed by atoms with Crippen LogP contribution in [-0.4, -0.2) is 32.3 Å². The highest BCUT2D eigenvalue weighted by Gasteiger charge is 2.18. The van der Waals surface area contributed by atoms with Gasteiger partial charge < -0.3 is 14.9 Å². The molecular weight excluding hydrogens is 380 g/mol. The van der Waals surface area contributed by atoms with Crippen LogP contribution in [0.1, 0.15) is 5.56 Å². The first-order valence-corrected chi connectivity index (χ1v) is 9.02. The van der Waals surface area contributed by atoms with Crippen molar-refractivity contribution in [3.63, 3.8) is 0 Å². The fourth-order valence-electron chi connectivity index (χ4n) is 3.01. The molecule has 1 heterocycles. The van der Waals surface area contributed by atoms with Gasteiger partial charge in [-0.1, -0.05) is 24.3 Å². The van der Waals surface area contributed by atoms with E-state index >= 15 is 0 Å². The second-order valence-corrected chi connectivity index (χ2v) is 6.37. The van der Waals surface area contributed by atoms with Crippen molar-refractivity contribution in [1.29, 1.82) is 5.26 Å². The Kier molecular flexibility index (Phi) is 4.97. The number of phenols is 2. The summed E-state index contributed by atoms with van der Waals surface area (Å²) in [5.74, 6) is 1.22. The molecule has 7 nitrogen and oxygen atoms in total. The van der Waals surface area contributed by atoms with Crippen LogP contribution in [0.5, 0.6) is 17.2 Å². The molecule has 0 amide bonds. The molecule has 0 saturated carbocycles. The molecule has 0 aliphatic heterocycles. The lowest BCUT2D eigenvalue weighted by Crippen LogP contribution is -2.01. The number of nitriles is 1. The summed E-state index contributed by atoms with van der Waals surface area (Å²) in [5, 5.41) is 29.8. The fraction of sp³-hybridized carbons (Fsp3) is 0.0435. The maximum atomic E-state index is 10.3. The maximum Gasteiger partial charge on any atom is 0.167 e. The number of hydrogen-bond acceptors (Lipinski definition) is 7. The molecule has 0 aliphatic rings. The molecule has 0 unspecified atom stereocenters. The van der Waals surface area contributed by atoms with Crippen LogP contribution in [0.25, 0.3) is 34.2 Å². The topological polar surface area (TPSA) is 112 Å². The highest BCUT2D eigenvalue weighted by Crippen LogP contribution is 2.34. The number of para-hydroxylation sites is 2. The van der Waals surface area contributed by atoms with Crippen molar-refractivity contribution in [1.82, 2.24) is 15.0 Å². The lowest BCUT2D eigenvalue weighted by Gasteiger charge is -2.12.